The van der Waals surface area contributed by atoms with Gasteiger partial charge in [-0.3, -0.25) is 0 Å². The average Bonchev–Trinajstić information content (AvgIpc) is 2.87. The molecule has 0 aliphatic rings. The Morgan fingerprint density at radius 3 is 2.00 bits per heavy atom. The van der Waals surface area contributed by atoms with Crippen molar-refractivity contribution in [3.05, 3.63) is 44.8 Å². The molecule has 0 saturated carbocycles. The van der Waals surface area contributed by atoms with Gasteiger partial charge in [-0.25, -0.2) is 0 Å². The summed E-state index contributed by atoms with van der Waals surface area (Å²) < 4.78 is 0. The van der Waals surface area contributed by atoms with Crippen LogP contribution >= 0.6 is 22.7 Å². The summed E-state index contributed by atoms with van der Waals surface area (Å²) in [4.78, 5) is 2.67. The zero-order chi connectivity index (χ0) is 9.80. The summed E-state index contributed by atoms with van der Waals surface area (Å²) in [6.07, 6.45) is 0. The number of rotatable bonds is 2. The van der Waals surface area contributed by atoms with E-state index >= 15 is 0 Å². The Balaban J connectivity index is 2.38. The second kappa shape index (κ2) is 4.45. The van der Waals surface area contributed by atoms with Crippen molar-refractivity contribution in [1.29, 1.82) is 0 Å². The molecule has 2 aromatic heterocycles. The first-order valence-electron chi connectivity index (χ1n) is 4.41. The van der Waals surface area contributed by atoms with Gasteiger partial charge in [0.1, 0.15) is 0 Å². The minimum Gasteiger partial charge on any atom is -0.147 e. The van der Waals surface area contributed by atoms with E-state index in [0.29, 0.717) is 0 Å². The molecule has 2 aromatic rings. The van der Waals surface area contributed by atoms with E-state index in [1.807, 2.05) is 6.92 Å². The summed E-state index contributed by atoms with van der Waals surface area (Å²) in [6.45, 7) is 1.90. The van der Waals surface area contributed by atoms with E-state index in [1.54, 1.807) is 22.7 Å². The monoisotopic (exact) mass is 218 g/mol. The first kappa shape index (κ1) is 9.51. The van der Waals surface area contributed by atoms with Crippen LogP contribution in [0, 0.1) is 11.8 Å². The number of hydrogen-bond acceptors (Lipinski definition) is 2. The van der Waals surface area contributed by atoms with Crippen LogP contribution in [-0.2, 0) is 0 Å². The fraction of sp³-hybridized carbons (Fsp3) is 0.167. The normalized spacial score (nSPS) is 9.86. The van der Waals surface area contributed by atoms with Gasteiger partial charge in [0, 0.05) is 9.75 Å². The maximum absolute atomic E-state index is 3.26. The molecule has 0 saturated heterocycles. The smallest absolute Gasteiger partial charge is 0.0887 e. The summed E-state index contributed by atoms with van der Waals surface area (Å²) in [5.74, 6) is 6.54. The predicted molar refractivity (Wildman–Crippen MR) is 63.9 cm³/mol. The minimum absolute atomic E-state index is 0.278. The fourth-order valence-electron chi connectivity index (χ4n) is 1.34. The van der Waals surface area contributed by atoms with Gasteiger partial charge in [-0.15, -0.1) is 28.6 Å². The van der Waals surface area contributed by atoms with Crippen molar-refractivity contribution in [1.82, 2.24) is 0 Å². The lowest BCUT2D eigenvalue weighted by molar-refractivity contribution is 1.14. The highest BCUT2D eigenvalue weighted by molar-refractivity contribution is 7.11. The Morgan fingerprint density at radius 1 is 1.07 bits per heavy atom. The van der Waals surface area contributed by atoms with Crippen LogP contribution in [0.4, 0.5) is 0 Å². The fourth-order valence-corrected chi connectivity index (χ4v) is 3.00. The van der Waals surface area contributed by atoms with Gasteiger partial charge in [0.25, 0.3) is 0 Å². The van der Waals surface area contributed by atoms with Crippen molar-refractivity contribution in [3.8, 4) is 11.8 Å². The molecule has 2 rings (SSSR count). The van der Waals surface area contributed by atoms with Crippen molar-refractivity contribution >= 4 is 22.7 Å². The molecular weight excluding hydrogens is 208 g/mol. The van der Waals surface area contributed by atoms with Crippen LogP contribution in [0.2, 0.25) is 0 Å². The highest BCUT2D eigenvalue weighted by atomic mass is 32.1. The third-order valence-corrected chi connectivity index (χ3v) is 3.82. The average molecular weight is 218 g/mol. The summed E-state index contributed by atoms with van der Waals surface area (Å²) in [7, 11) is 0. The van der Waals surface area contributed by atoms with Gasteiger partial charge in [0.2, 0.25) is 0 Å². The summed E-state index contributed by atoms with van der Waals surface area (Å²) in [6, 6.07) is 8.47. The number of thiophene rings is 2. The molecule has 0 bridgehead atoms. The largest absolute Gasteiger partial charge is 0.147 e. The van der Waals surface area contributed by atoms with Crippen molar-refractivity contribution < 1.29 is 0 Å². The molecule has 2 heterocycles. The van der Waals surface area contributed by atoms with Crippen molar-refractivity contribution in [2.45, 2.75) is 12.8 Å². The molecule has 70 valence electrons. The molecule has 0 atom stereocenters. The van der Waals surface area contributed by atoms with E-state index in [1.165, 1.54) is 9.75 Å². The van der Waals surface area contributed by atoms with Gasteiger partial charge in [-0.05, 0) is 29.8 Å². The van der Waals surface area contributed by atoms with Crippen LogP contribution in [0.15, 0.2) is 35.0 Å². The molecule has 0 aliphatic heterocycles. The van der Waals surface area contributed by atoms with Gasteiger partial charge in [-0.1, -0.05) is 18.1 Å². The third kappa shape index (κ3) is 1.89. The highest BCUT2D eigenvalue weighted by Gasteiger charge is 2.12. The lowest BCUT2D eigenvalue weighted by Gasteiger charge is -2.04. The standard InChI is InChI=1S/C12H10S2/c1-2-5-10(11-6-3-8-13-11)12-7-4-9-14-12/h3-4,6-10H,1H3. The van der Waals surface area contributed by atoms with Crippen LogP contribution in [-0.4, -0.2) is 0 Å². The Hall–Kier alpha value is -1.04. The molecule has 0 fully saturated rings. The molecule has 0 aromatic carbocycles. The first-order valence-corrected chi connectivity index (χ1v) is 6.17. The summed E-state index contributed by atoms with van der Waals surface area (Å²) in [5, 5.41) is 4.21. The second-order valence-electron chi connectivity index (χ2n) is 2.86. The van der Waals surface area contributed by atoms with Crippen LogP contribution in [0.1, 0.15) is 22.6 Å². The van der Waals surface area contributed by atoms with E-state index in [9.17, 15) is 0 Å². The highest BCUT2D eigenvalue weighted by Crippen LogP contribution is 2.30. The Kier molecular flexibility index (Phi) is 3.03. The Bertz CT molecular complexity index is 392. The molecule has 0 radical (unpaired) electrons. The third-order valence-electron chi connectivity index (χ3n) is 1.94. The molecule has 0 aliphatic carbocycles. The molecule has 0 unspecified atom stereocenters. The van der Waals surface area contributed by atoms with Crippen molar-refractivity contribution in [3.63, 3.8) is 0 Å². The molecule has 0 amide bonds. The molecular formula is C12H10S2. The molecule has 0 nitrogen and oxygen atoms in total. The Morgan fingerprint density at radius 2 is 1.64 bits per heavy atom. The van der Waals surface area contributed by atoms with Crippen LogP contribution in [0.25, 0.3) is 0 Å². The zero-order valence-corrected chi connectivity index (χ0v) is 9.49. The van der Waals surface area contributed by atoms with Gasteiger partial charge >= 0.3 is 0 Å². The van der Waals surface area contributed by atoms with E-state index in [4.69, 9.17) is 0 Å². The molecule has 14 heavy (non-hydrogen) atoms. The van der Waals surface area contributed by atoms with Crippen LogP contribution < -0.4 is 0 Å². The molecule has 0 N–H and O–H groups in total. The summed E-state index contributed by atoms with van der Waals surface area (Å²) in [5.41, 5.74) is 0. The number of hydrogen-bond donors (Lipinski definition) is 0. The van der Waals surface area contributed by atoms with Crippen molar-refractivity contribution in [2.24, 2.45) is 0 Å². The quantitative estimate of drug-likeness (QED) is 0.669. The van der Waals surface area contributed by atoms with E-state index in [2.05, 4.69) is 46.9 Å². The van der Waals surface area contributed by atoms with Crippen LogP contribution in [0.5, 0.6) is 0 Å². The minimum atomic E-state index is 0.278. The Labute approximate surface area is 92.2 Å². The molecule has 2 heteroatoms. The maximum Gasteiger partial charge on any atom is 0.0887 e. The summed E-state index contributed by atoms with van der Waals surface area (Å²) >= 11 is 3.55. The lowest BCUT2D eigenvalue weighted by atomic mass is 10.1. The first-order chi connectivity index (χ1) is 6.92. The zero-order valence-electron chi connectivity index (χ0n) is 7.86. The van der Waals surface area contributed by atoms with E-state index in [0.717, 1.165) is 0 Å². The van der Waals surface area contributed by atoms with Gasteiger partial charge in [0.15, 0.2) is 0 Å². The molecule has 0 spiro atoms. The predicted octanol–water partition coefficient (Wildman–Crippen LogP) is 3.96. The van der Waals surface area contributed by atoms with Gasteiger partial charge in [-0.2, -0.15) is 0 Å². The maximum atomic E-state index is 3.26. The van der Waals surface area contributed by atoms with E-state index in [-0.39, 0.29) is 5.92 Å². The van der Waals surface area contributed by atoms with Gasteiger partial charge < -0.3 is 0 Å². The SMILES string of the molecule is CC#CC(c1cccs1)c1cccs1. The van der Waals surface area contributed by atoms with Gasteiger partial charge in [0.05, 0.1) is 5.92 Å². The van der Waals surface area contributed by atoms with Crippen LogP contribution in [0.3, 0.4) is 0 Å². The topological polar surface area (TPSA) is 0 Å². The van der Waals surface area contributed by atoms with E-state index < -0.39 is 0 Å². The van der Waals surface area contributed by atoms with Crippen molar-refractivity contribution in [2.75, 3.05) is 0 Å². The second-order valence-corrected chi connectivity index (χ2v) is 4.82. The lowest BCUT2D eigenvalue weighted by Crippen LogP contribution is -1.91.